The molecule has 30 heavy (non-hydrogen) atoms. The van der Waals surface area contributed by atoms with Crippen molar-refractivity contribution in [2.75, 3.05) is 23.2 Å². The van der Waals surface area contributed by atoms with Crippen LogP contribution in [0.25, 0.3) is 9.88 Å². The lowest BCUT2D eigenvalue weighted by atomic mass is 10.1. The van der Waals surface area contributed by atoms with E-state index in [1.165, 1.54) is 27.0 Å². The molecule has 0 fully saturated rings. The Bertz CT molecular complexity index is 1200. The molecule has 7 nitrogen and oxygen atoms in total. The van der Waals surface area contributed by atoms with Crippen molar-refractivity contribution in [3.63, 3.8) is 0 Å². The molecule has 2 aromatic heterocycles. The number of sulfonamides is 1. The van der Waals surface area contributed by atoms with Gasteiger partial charge >= 0.3 is 5.97 Å². The molecule has 0 amide bonds. The third-order valence-electron chi connectivity index (χ3n) is 4.73. The summed E-state index contributed by atoms with van der Waals surface area (Å²) in [5.41, 5.74) is 1.96. The fourth-order valence-corrected chi connectivity index (χ4v) is 5.92. The van der Waals surface area contributed by atoms with Gasteiger partial charge in [-0.05, 0) is 48.6 Å². The first-order valence-corrected chi connectivity index (χ1v) is 12.6. The van der Waals surface area contributed by atoms with E-state index in [4.69, 9.17) is 4.74 Å². The van der Waals surface area contributed by atoms with Crippen molar-refractivity contribution in [3.8, 4) is 9.88 Å². The maximum atomic E-state index is 12.5. The van der Waals surface area contributed by atoms with Crippen LogP contribution < -0.4 is 4.31 Å². The first-order chi connectivity index (χ1) is 14.4. The number of thiazole rings is 1. The van der Waals surface area contributed by atoms with E-state index in [2.05, 4.69) is 4.98 Å². The lowest BCUT2D eigenvalue weighted by Crippen LogP contribution is -2.30. The summed E-state index contributed by atoms with van der Waals surface area (Å²) < 4.78 is 30.9. The zero-order valence-corrected chi connectivity index (χ0v) is 18.5. The van der Waals surface area contributed by atoms with E-state index in [0.29, 0.717) is 24.2 Å². The van der Waals surface area contributed by atoms with E-state index in [0.717, 1.165) is 15.4 Å². The van der Waals surface area contributed by atoms with E-state index in [9.17, 15) is 18.0 Å². The molecule has 0 atom stereocenters. The van der Waals surface area contributed by atoms with Gasteiger partial charge in [0.2, 0.25) is 10.0 Å². The van der Waals surface area contributed by atoms with E-state index in [1.807, 2.05) is 17.5 Å². The van der Waals surface area contributed by atoms with Crippen molar-refractivity contribution < 1.29 is 22.7 Å². The highest BCUT2D eigenvalue weighted by Gasteiger charge is 2.28. The normalized spacial score (nSPS) is 13.3. The molecule has 0 spiro atoms. The van der Waals surface area contributed by atoms with Crippen molar-refractivity contribution >= 4 is 50.1 Å². The Morgan fingerprint density at radius 2 is 2.07 bits per heavy atom. The minimum absolute atomic E-state index is 0.0217. The fraction of sp³-hybridized carbons (Fsp3) is 0.250. The fourth-order valence-electron chi connectivity index (χ4n) is 3.16. The minimum atomic E-state index is -3.34. The molecule has 3 aromatic rings. The summed E-state index contributed by atoms with van der Waals surface area (Å²) >= 11 is 2.87. The number of hydrogen-bond donors (Lipinski definition) is 0. The van der Waals surface area contributed by atoms with Crippen LogP contribution in [0, 0.1) is 0 Å². The Labute approximate surface area is 182 Å². The zero-order chi connectivity index (χ0) is 21.3. The minimum Gasteiger partial charge on any atom is -0.453 e. The van der Waals surface area contributed by atoms with Crippen molar-refractivity contribution in [2.45, 2.75) is 13.3 Å². The van der Waals surface area contributed by atoms with E-state index in [1.54, 1.807) is 30.5 Å². The lowest BCUT2D eigenvalue weighted by molar-refractivity contribution is 0.0470. The number of Topliss-reactive ketones (excluding diaryl/α,β-unsaturated/α-hetero) is 1. The quantitative estimate of drug-likeness (QED) is 0.393. The topological polar surface area (TPSA) is 93.6 Å². The van der Waals surface area contributed by atoms with Gasteiger partial charge in [-0.1, -0.05) is 6.07 Å². The van der Waals surface area contributed by atoms with Crippen molar-refractivity contribution in [1.29, 1.82) is 0 Å². The maximum absolute atomic E-state index is 12.5. The molecule has 0 radical (unpaired) electrons. The van der Waals surface area contributed by atoms with Gasteiger partial charge in [-0.3, -0.25) is 9.10 Å². The monoisotopic (exact) mass is 462 g/mol. The van der Waals surface area contributed by atoms with Crippen LogP contribution in [0.4, 0.5) is 5.69 Å². The molecular weight excluding hydrogens is 444 g/mol. The average Bonchev–Trinajstić information content (AvgIpc) is 3.50. The number of carbonyl (C=O) groups excluding carboxylic acids is 2. The largest absolute Gasteiger partial charge is 0.453 e. The molecule has 0 unspecified atom stereocenters. The van der Waals surface area contributed by atoms with Crippen LogP contribution in [0.2, 0.25) is 0 Å². The van der Waals surface area contributed by atoms with Crippen LogP contribution >= 0.6 is 22.7 Å². The number of ketones is 1. The molecule has 10 heteroatoms. The second kappa shape index (κ2) is 8.29. The molecule has 4 rings (SSSR count). The summed E-state index contributed by atoms with van der Waals surface area (Å²) in [6, 6.07) is 8.71. The Morgan fingerprint density at radius 1 is 1.23 bits per heavy atom. The smallest absolute Gasteiger partial charge is 0.358 e. The molecule has 0 N–H and O–H groups in total. The first kappa shape index (κ1) is 20.7. The standard InChI is InChI=1S/C20H18N2O5S3/c1-2-30(25,26)22-8-7-13-10-14(5-6-16(13)22)17(23)11-27-20(24)15-12-29-19(21-15)18-4-3-9-28-18/h3-6,9-10,12H,2,7-8,11H2,1H3. The molecular formula is C20H18N2O5S3. The van der Waals surface area contributed by atoms with Crippen molar-refractivity contribution in [2.24, 2.45) is 0 Å². The third kappa shape index (κ3) is 4.03. The summed E-state index contributed by atoms with van der Waals surface area (Å²) in [6.07, 6.45) is 0.541. The van der Waals surface area contributed by atoms with Crippen LogP contribution in [0.1, 0.15) is 33.3 Å². The van der Waals surface area contributed by atoms with Crippen LogP contribution in [0.3, 0.4) is 0 Å². The summed E-state index contributed by atoms with van der Waals surface area (Å²) in [5, 5.41) is 4.27. The van der Waals surface area contributed by atoms with E-state index >= 15 is 0 Å². The number of fused-ring (bicyclic) bond motifs is 1. The highest BCUT2D eigenvalue weighted by molar-refractivity contribution is 7.92. The number of esters is 1. The summed E-state index contributed by atoms with van der Waals surface area (Å²) in [5.74, 6) is -0.978. The lowest BCUT2D eigenvalue weighted by Gasteiger charge is -2.18. The Balaban J connectivity index is 1.41. The van der Waals surface area contributed by atoms with Crippen LogP contribution in [0.5, 0.6) is 0 Å². The molecule has 1 aliphatic heterocycles. The second-order valence-electron chi connectivity index (χ2n) is 6.58. The number of carbonyl (C=O) groups is 2. The van der Waals surface area contributed by atoms with E-state index < -0.39 is 22.6 Å². The van der Waals surface area contributed by atoms with Gasteiger partial charge in [0, 0.05) is 17.5 Å². The Kier molecular flexibility index (Phi) is 5.72. The van der Waals surface area contributed by atoms with Gasteiger partial charge in [0.1, 0.15) is 5.01 Å². The van der Waals surface area contributed by atoms with Gasteiger partial charge in [-0.25, -0.2) is 18.2 Å². The highest BCUT2D eigenvalue weighted by atomic mass is 32.2. The number of rotatable bonds is 7. The predicted octanol–water partition coefficient (Wildman–Crippen LogP) is 3.62. The number of aromatic nitrogens is 1. The van der Waals surface area contributed by atoms with Gasteiger partial charge in [0.25, 0.3) is 0 Å². The van der Waals surface area contributed by atoms with Crippen LogP contribution in [-0.2, 0) is 21.2 Å². The highest BCUT2D eigenvalue weighted by Crippen LogP contribution is 2.31. The molecule has 3 heterocycles. The Hall–Kier alpha value is -2.56. The number of ether oxygens (including phenoxy) is 1. The van der Waals surface area contributed by atoms with Gasteiger partial charge in [-0.2, -0.15) is 0 Å². The predicted molar refractivity (Wildman–Crippen MR) is 117 cm³/mol. The molecule has 0 saturated heterocycles. The van der Waals surface area contributed by atoms with E-state index in [-0.39, 0.29) is 17.2 Å². The van der Waals surface area contributed by atoms with Gasteiger partial charge < -0.3 is 4.74 Å². The molecule has 1 aliphatic rings. The molecule has 1 aromatic carbocycles. The summed E-state index contributed by atoms with van der Waals surface area (Å²) in [6.45, 7) is 1.57. The van der Waals surface area contributed by atoms with Crippen LogP contribution in [0.15, 0.2) is 41.1 Å². The number of benzene rings is 1. The van der Waals surface area contributed by atoms with Gasteiger partial charge in [-0.15, -0.1) is 22.7 Å². The first-order valence-electron chi connectivity index (χ1n) is 9.22. The second-order valence-corrected chi connectivity index (χ2v) is 10.6. The average molecular weight is 463 g/mol. The number of anilines is 1. The third-order valence-corrected chi connectivity index (χ3v) is 8.40. The Morgan fingerprint density at radius 3 is 2.80 bits per heavy atom. The number of hydrogen-bond acceptors (Lipinski definition) is 8. The van der Waals surface area contributed by atoms with Crippen LogP contribution in [-0.4, -0.2) is 44.1 Å². The van der Waals surface area contributed by atoms with Gasteiger partial charge in [0.05, 0.1) is 16.3 Å². The molecule has 0 saturated carbocycles. The number of thiophene rings is 1. The molecule has 0 aliphatic carbocycles. The SMILES string of the molecule is CCS(=O)(=O)N1CCc2cc(C(=O)COC(=O)c3csc(-c4cccs4)n3)ccc21. The zero-order valence-electron chi connectivity index (χ0n) is 16.0. The molecule has 0 bridgehead atoms. The summed E-state index contributed by atoms with van der Waals surface area (Å²) in [7, 11) is -3.34. The number of nitrogens with zero attached hydrogens (tertiary/aromatic N) is 2. The molecule has 156 valence electrons. The summed E-state index contributed by atoms with van der Waals surface area (Å²) in [4.78, 5) is 30.0. The van der Waals surface area contributed by atoms with Gasteiger partial charge in [0.15, 0.2) is 18.1 Å². The van der Waals surface area contributed by atoms with Crippen molar-refractivity contribution in [3.05, 3.63) is 57.9 Å². The maximum Gasteiger partial charge on any atom is 0.358 e. The van der Waals surface area contributed by atoms with Crippen molar-refractivity contribution in [1.82, 2.24) is 4.98 Å².